The van der Waals surface area contributed by atoms with Crippen molar-refractivity contribution in [2.24, 2.45) is 5.92 Å². The first-order chi connectivity index (χ1) is 9.72. The molecule has 1 saturated heterocycles. The van der Waals surface area contributed by atoms with Gasteiger partial charge in [-0.15, -0.1) is 0 Å². The lowest BCUT2D eigenvalue weighted by molar-refractivity contribution is -0.137. The Morgan fingerprint density at radius 1 is 1.25 bits per heavy atom. The van der Waals surface area contributed by atoms with Gasteiger partial charge in [0, 0.05) is 19.5 Å². The van der Waals surface area contributed by atoms with Crippen molar-refractivity contribution >= 4 is 5.97 Å². The number of hydrogen-bond donors (Lipinski definition) is 1. The van der Waals surface area contributed by atoms with Gasteiger partial charge in [-0.1, -0.05) is 24.3 Å². The number of carboxylic acids is 1. The van der Waals surface area contributed by atoms with Crippen LogP contribution in [0.4, 0.5) is 0 Å². The molecular weight excluding hydrogens is 250 g/mol. The molecule has 20 heavy (non-hydrogen) atoms. The summed E-state index contributed by atoms with van der Waals surface area (Å²) in [7, 11) is 0. The maximum absolute atomic E-state index is 10.6. The summed E-state index contributed by atoms with van der Waals surface area (Å²) in [5.74, 6) is 0.707. The van der Waals surface area contributed by atoms with Crippen molar-refractivity contribution < 1.29 is 9.90 Å². The molecule has 3 heteroatoms. The highest BCUT2D eigenvalue weighted by Gasteiger charge is 2.28. The molecule has 1 aromatic carbocycles. The van der Waals surface area contributed by atoms with Gasteiger partial charge in [-0.3, -0.25) is 9.69 Å². The van der Waals surface area contributed by atoms with Crippen LogP contribution in [0, 0.1) is 5.92 Å². The van der Waals surface area contributed by atoms with Crippen molar-refractivity contribution in [3.05, 3.63) is 35.4 Å². The molecule has 3 nitrogen and oxygen atoms in total. The van der Waals surface area contributed by atoms with Gasteiger partial charge in [0.25, 0.3) is 0 Å². The molecule has 2 fully saturated rings. The van der Waals surface area contributed by atoms with E-state index in [9.17, 15) is 4.79 Å². The zero-order valence-electron chi connectivity index (χ0n) is 11.9. The van der Waals surface area contributed by atoms with Crippen molar-refractivity contribution in [2.75, 3.05) is 13.1 Å². The normalized spacial score (nSPS) is 23.1. The Bertz CT molecular complexity index is 482. The zero-order valence-corrected chi connectivity index (χ0v) is 11.9. The summed E-state index contributed by atoms with van der Waals surface area (Å²) in [6.07, 6.45) is 4.99. The van der Waals surface area contributed by atoms with E-state index in [4.69, 9.17) is 5.11 Å². The van der Waals surface area contributed by atoms with Crippen LogP contribution in [0.1, 0.15) is 49.1 Å². The molecule has 1 N–H and O–H groups in total. The van der Waals surface area contributed by atoms with Gasteiger partial charge in [0.1, 0.15) is 0 Å². The average Bonchev–Trinajstić information content (AvgIpc) is 3.18. The van der Waals surface area contributed by atoms with Crippen LogP contribution in [-0.2, 0) is 11.3 Å². The van der Waals surface area contributed by atoms with E-state index in [0.29, 0.717) is 12.3 Å². The van der Waals surface area contributed by atoms with E-state index in [1.807, 2.05) is 0 Å². The monoisotopic (exact) mass is 273 g/mol. The lowest BCUT2D eigenvalue weighted by Crippen LogP contribution is -2.21. The zero-order chi connectivity index (χ0) is 13.9. The minimum Gasteiger partial charge on any atom is -0.481 e. The number of hydrogen-bond acceptors (Lipinski definition) is 2. The number of likely N-dealkylation sites (tertiary alicyclic amines) is 1. The van der Waals surface area contributed by atoms with Gasteiger partial charge >= 0.3 is 5.97 Å². The van der Waals surface area contributed by atoms with Gasteiger partial charge < -0.3 is 5.11 Å². The first-order valence-electron chi connectivity index (χ1n) is 7.74. The third kappa shape index (κ3) is 3.40. The molecule has 1 aliphatic carbocycles. The van der Waals surface area contributed by atoms with Crippen LogP contribution in [0.3, 0.4) is 0 Å². The second kappa shape index (κ2) is 5.96. The van der Waals surface area contributed by atoms with Crippen molar-refractivity contribution in [3.63, 3.8) is 0 Å². The van der Waals surface area contributed by atoms with Gasteiger partial charge in [-0.2, -0.15) is 0 Å². The summed E-state index contributed by atoms with van der Waals surface area (Å²) in [4.78, 5) is 13.1. The standard InChI is InChI=1S/C17H23NO2/c19-17(20)8-5-13-9-10-18(11-13)12-15-3-1-2-4-16(15)14-6-7-14/h1-4,13-14H,5-12H2,(H,19,20). The Morgan fingerprint density at radius 2 is 2.05 bits per heavy atom. The number of benzene rings is 1. The van der Waals surface area contributed by atoms with Crippen molar-refractivity contribution in [1.29, 1.82) is 0 Å². The molecule has 2 aliphatic rings. The first kappa shape index (κ1) is 13.6. The molecule has 3 rings (SSSR count). The highest BCUT2D eigenvalue weighted by atomic mass is 16.4. The van der Waals surface area contributed by atoms with Gasteiger partial charge in [0.05, 0.1) is 0 Å². The molecule has 1 atom stereocenters. The number of nitrogens with zero attached hydrogens (tertiary/aromatic N) is 1. The molecule has 0 spiro atoms. The Hall–Kier alpha value is -1.35. The molecule has 0 aromatic heterocycles. The summed E-state index contributed by atoms with van der Waals surface area (Å²) in [6.45, 7) is 3.21. The predicted molar refractivity (Wildman–Crippen MR) is 78.7 cm³/mol. The maximum Gasteiger partial charge on any atom is 0.303 e. The van der Waals surface area contributed by atoms with Gasteiger partial charge in [0.15, 0.2) is 0 Å². The van der Waals surface area contributed by atoms with Crippen LogP contribution < -0.4 is 0 Å². The fourth-order valence-electron chi connectivity index (χ4n) is 3.33. The molecule has 1 unspecified atom stereocenters. The Kier molecular flexibility index (Phi) is 4.06. The lowest BCUT2D eigenvalue weighted by Gasteiger charge is -2.18. The minimum absolute atomic E-state index is 0.317. The minimum atomic E-state index is -0.664. The van der Waals surface area contributed by atoms with Gasteiger partial charge in [-0.25, -0.2) is 0 Å². The fourth-order valence-corrected chi connectivity index (χ4v) is 3.33. The molecule has 1 aromatic rings. The van der Waals surface area contributed by atoms with Crippen molar-refractivity contribution in [3.8, 4) is 0 Å². The number of rotatable bonds is 6. The van der Waals surface area contributed by atoms with Gasteiger partial charge in [0.2, 0.25) is 0 Å². The second-order valence-electron chi connectivity index (χ2n) is 6.30. The van der Waals surface area contributed by atoms with E-state index in [1.165, 1.54) is 18.4 Å². The highest BCUT2D eigenvalue weighted by molar-refractivity contribution is 5.66. The summed E-state index contributed by atoms with van der Waals surface area (Å²) < 4.78 is 0. The summed E-state index contributed by atoms with van der Waals surface area (Å²) >= 11 is 0. The van der Waals surface area contributed by atoms with Crippen LogP contribution in [0.2, 0.25) is 0 Å². The predicted octanol–water partition coefficient (Wildman–Crippen LogP) is 3.25. The smallest absolute Gasteiger partial charge is 0.303 e. The molecule has 0 amide bonds. The third-order valence-electron chi connectivity index (χ3n) is 4.60. The van der Waals surface area contributed by atoms with E-state index in [-0.39, 0.29) is 0 Å². The SMILES string of the molecule is O=C(O)CCC1CCN(Cc2ccccc2C2CC2)C1. The molecule has 0 bridgehead atoms. The Balaban J connectivity index is 1.55. The number of carboxylic acid groups (broad SMARTS) is 1. The fraction of sp³-hybridized carbons (Fsp3) is 0.588. The summed E-state index contributed by atoms with van der Waals surface area (Å²) in [5, 5.41) is 8.77. The van der Waals surface area contributed by atoms with Crippen molar-refractivity contribution in [1.82, 2.24) is 4.90 Å². The van der Waals surface area contributed by atoms with Crippen LogP contribution in [0.15, 0.2) is 24.3 Å². The molecular formula is C17H23NO2. The average molecular weight is 273 g/mol. The molecule has 1 aliphatic heterocycles. The van der Waals surface area contributed by atoms with Crippen LogP contribution in [-0.4, -0.2) is 29.1 Å². The summed E-state index contributed by atoms with van der Waals surface area (Å²) in [5.41, 5.74) is 3.02. The van der Waals surface area contributed by atoms with E-state index in [1.54, 1.807) is 5.56 Å². The lowest BCUT2D eigenvalue weighted by atomic mass is 10.0. The molecule has 0 radical (unpaired) electrons. The van der Waals surface area contributed by atoms with Crippen LogP contribution in [0.5, 0.6) is 0 Å². The summed E-state index contributed by atoms with van der Waals surface area (Å²) in [6, 6.07) is 8.83. The molecule has 1 saturated carbocycles. The number of carbonyl (C=O) groups is 1. The van der Waals surface area contributed by atoms with Crippen LogP contribution in [0.25, 0.3) is 0 Å². The van der Waals surface area contributed by atoms with E-state index < -0.39 is 5.97 Å². The topological polar surface area (TPSA) is 40.5 Å². The van der Waals surface area contributed by atoms with E-state index >= 15 is 0 Å². The van der Waals surface area contributed by atoms with Crippen LogP contribution >= 0.6 is 0 Å². The third-order valence-corrected chi connectivity index (χ3v) is 4.60. The number of aliphatic carboxylic acids is 1. The Morgan fingerprint density at radius 3 is 2.80 bits per heavy atom. The first-order valence-corrected chi connectivity index (χ1v) is 7.74. The quantitative estimate of drug-likeness (QED) is 0.865. The largest absolute Gasteiger partial charge is 0.481 e. The Labute approximate surface area is 120 Å². The molecule has 108 valence electrons. The van der Waals surface area contributed by atoms with E-state index in [2.05, 4.69) is 29.2 Å². The molecule has 1 heterocycles. The highest BCUT2D eigenvalue weighted by Crippen LogP contribution is 2.42. The maximum atomic E-state index is 10.6. The van der Waals surface area contributed by atoms with Crippen molar-refractivity contribution in [2.45, 2.75) is 44.6 Å². The van der Waals surface area contributed by atoms with E-state index in [0.717, 1.165) is 38.4 Å². The second-order valence-corrected chi connectivity index (χ2v) is 6.30. The van der Waals surface area contributed by atoms with Gasteiger partial charge in [-0.05, 0) is 55.2 Å².